The molecule has 1 aliphatic carbocycles. The van der Waals surface area contributed by atoms with Crippen molar-refractivity contribution < 1.29 is 5.98 Å². The molecule has 0 amide bonds. The van der Waals surface area contributed by atoms with Crippen LogP contribution >= 0.6 is 0 Å². The number of H-pyrrole nitrogens is 1. The van der Waals surface area contributed by atoms with Crippen molar-refractivity contribution in [3.63, 3.8) is 0 Å². The lowest BCUT2D eigenvalue weighted by Gasteiger charge is -2.18. The van der Waals surface area contributed by atoms with Crippen molar-refractivity contribution >= 4 is 0 Å². The third kappa shape index (κ3) is 3.08. The van der Waals surface area contributed by atoms with E-state index in [2.05, 4.69) is 63.5 Å². The van der Waals surface area contributed by atoms with Crippen molar-refractivity contribution in [3.05, 3.63) is 47.0 Å². The summed E-state index contributed by atoms with van der Waals surface area (Å²) in [6.07, 6.45) is 6.38. The highest BCUT2D eigenvalue weighted by Gasteiger charge is 2.35. The third-order valence-electron chi connectivity index (χ3n) is 5.16. The van der Waals surface area contributed by atoms with E-state index in [4.69, 9.17) is 1.41 Å². The van der Waals surface area contributed by atoms with E-state index in [0.717, 1.165) is 5.82 Å². The Labute approximate surface area is 142 Å². The van der Waals surface area contributed by atoms with Crippen LogP contribution in [-0.2, 0) is 5.41 Å². The first-order chi connectivity index (χ1) is 11.3. The minimum atomic E-state index is -0.0816. The van der Waals surface area contributed by atoms with E-state index >= 15 is 0 Å². The number of para-hydroxylation sites is 1. The molecule has 0 atom stereocenters. The van der Waals surface area contributed by atoms with Crippen molar-refractivity contribution in [3.8, 4) is 5.69 Å². The molecule has 23 heavy (non-hydrogen) atoms. The van der Waals surface area contributed by atoms with Gasteiger partial charge in [-0.15, -0.1) is 0 Å². The molecule has 1 N–H and O–H groups in total. The van der Waals surface area contributed by atoms with Crippen LogP contribution in [0.15, 0.2) is 24.3 Å². The number of rotatable bonds is 2. The Morgan fingerprint density at radius 1 is 1.09 bits per heavy atom. The average Bonchev–Trinajstić information content (AvgIpc) is 2.79. The first kappa shape index (κ1) is 15.0. The average molecular weight is 312 g/mol. The first-order valence-corrected chi connectivity index (χ1v) is 9.05. The van der Waals surface area contributed by atoms with Gasteiger partial charge in [0, 0.05) is 12.8 Å². The Bertz CT molecular complexity index is 731. The van der Waals surface area contributed by atoms with Crippen LogP contribution < -0.4 is 4.57 Å². The summed E-state index contributed by atoms with van der Waals surface area (Å²) in [5.41, 5.74) is 4.86. The van der Waals surface area contributed by atoms with Crippen molar-refractivity contribution in [2.75, 3.05) is 0 Å². The number of imidazole rings is 1. The van der Waals surface area contributed by atoms with Gasteiger partial charge in [-0.05, 0) is 52.2 Å². The molecule has 0 bridgehead atoms. The summed E-state index contributed by atoms with van der Waals surface area (Å²) in [5, 5.41) is 0. The number of aryl methyl sites for hydroxylation is 1. The Morgan fingerprint density at radius 2 is 1.74 bits per heavy atom. The summed E-state index contributed by atoms with van der Waals surface area (Å²) in [5.74, 6) is 1.61. The second-order valence-corrected chi connectivity index (χ2v) is 8.11. The molecule has 124 valence electrons. The smallest absolute Gasteiger partial charge is 0.244 e. The molecule has 1 fully saturated rings. The van der Waals surface area contributed by atoms with Crippen LogP contribution in [0.2, 0.25) is 1.41 Å². The molecule has 1 aromatic heterocycles. The molecule has 1 aliphatic rings. The summed E-state index contributed by atoms with van der Waals surface area (Å²) in [7, 11) is 0. The van der Waals surface area contributed by atoms with Gasteiger partial charge in [-0.1, -0.05) is 37.5 Å². The highest BCUT2D eigenvalue weighted by atomic mass is 15.1. The van der Waals surface area contributed by atoms with Gasteiger partial charge in [0.05, 0.1) is 5.41 Å². The standard InChI is InChI=1S/C21H30N2/c1-15-11-9-10-14-18(15)23-16(2)19(17-12-7-6-8-13-17)22-20(23)21(3,4)5/h9-11,14,17H,6-8,12-13H2,1-5H3/p+1/i/hD. The normalized spacial score (nSPS) is 17.3. The van der Waals surface area contributed by atoms with Gasteiger partial charge in [0.1, 0.15) is 17.1 Å². The third-order valence-corrected chi connectivity index (χ3v) is 5.16. The highest BCUT2D eigenvalue weighted by Crippen LogP contribution is 2.34. The van der Waals surface area contributed by atoms with Gasteiger partial charge < -0.3 is 0 Å². The van der Waals surface area contributed by atoms with Gasteiger partial charge in [-0.25, -0.2) is 4.98 Å². The van der Waals surface area contributed by atoms with Gasteiger partial charge in [-0.3, -0.25) is 0 Å². The van der Waals surface area contributed by atoms with Gasteiger partial charge in [0.25, 0.3) is 5.82 Å². The van der Waals surface area contributed by atoms with Crippen molar-refractivity contribution in [1.29, 1.82) is 0 Å². The minimum Gasteiger partial charge on any atom is -0.244 e. The summed E-state index contributed by atoms with van der Waals surface area (Å²) in [6, 6.07) is 8.53. The Morgan fingerprint density at radius 3 is 2.35 bits per heavy atom. The molecule has 2 nitrogen and oxygen atoms in total. The molecule has 0 saturated heterocycles. The van der Waals surface area contributed by atoms with E-state index < -0.39 is 0 Å². The second kappa shape index (κ2) is 6.14. The summed E-state index contributed by atoms with van der Waals surface area (Å²) >= 11 is 0. The predicted octanol–water partition coefficient (Wildman–Crippen LogP) is 5.25. The van der Waals surface area contributed by atoms with Gasteiger partial charge >= 0.3 is 1.41 Å². The van der Waals surface area contributed by atoms with E-state index in [1.807, 2.05) is 0 Å². The van der Waals surface area contributed by atoms with E-state index in [9.17, 15) is 0 Å². The summed E-state index contributed by atoms with van der Waals surface area (Å²) < 4.78 is 11.3. The predicted molar refractivity (Wildman–Crippen MR) is 96.3 cm³/mol. The summed E-state index contributed by atoms with van der Waals surface area (Å²) in [6.45, 7) is 11.0. The first-order valence-electron chi connectivity index (χ1n) is 9.50. The number of hydrogen-bond donors (Lipinski definition) is 1. The Hall–Kier alpha value is -1.57. The molecule has 0 radical (unpaired) electrons. The maximum Gasteiger partial charge on any atom is 0.312 e. The highest BCUT2D eigenvalue weighted by molar-refractivity contribution is 5.34. The number of aromatic nitrogens is 2. The van der Waals surface area contributed by atoms with Gasteiger partial charge in [0.2, 0.25) is 0 Å². The zero-order valence-electron chi connectivity index (χ0n) is 16.3. The van der Waals surface area contributed by atoms with Crippen LogP contribution in [0.25, 0.3) is 5.69 Å². The maximum absolute atomic E-state index is 8.92. The summed E-state index contributed by atoms with van der Waals surface area (Å²) in [4.78, 5) is 1.76. The van der Waals surface area contributed by atoms with Gasteiger partial charge in [-0.2, -0.15) is 4.57 Å². The van der Waals surface area contributed by atoms with E-state index in [1.165, 1.54) is 54.7 Å². The second-order valence-electron chi connectivity index (χ2n) is 8.11. The molecule has 0 unspecified atom stereocenters. The monoisotopic (exact) mass is 312 g/mol. The number of nitrogens with one attached hydrogen (secondary N) is 1. The van der Waals surface area contributed by atoms with Crippen molar-refractivity contribution in [2.24, 2.45) is 0 Å². The number of benzene rings is 1. The van der Waals surface area contributed by atoms with Crippen molar-refractivity contribution in [2.45, 2.75) is 78.1 Å². The number of aromatic amines is 1. The van der Waals surface area contributed by atoms with Gasteiger partial charge in [0.15, 0.2) is 0 Å². The Kier molecular flexibility index (Phi) is 4.00. The molecule has 1 heterocycles. The van der Waals surface area contributed by atoms with Crippen molar-refractivity contribution in [1.82, 2.24) is 4.98 Å². The van der Waals surface area contributed by atoms with Crippen LogP contribution in [0.1, 0.15) is 81.6 Å². The zero-order chi connectivity index (χ0) is 17.5. The van der Waals surface area contributed by atoms with E-state index in [-0.39, 0.29) is 5.41 Å². The largest absolute Gasteiger partial charge is 0.312 e. The zero-order valence-corrected chi connectivity index (χ0v) is 15.3. The van der Waals surface area contributed by atoms with Crippen LogP contribution in [-0.4, -0.2) is 4.98 Å². The molecule has 3 rings (SSSR count). The Balaban J connectivity index is 2.26. The molecule has 0 aliphatic heterocycles. The topological polar surface area (TPSA) is 19.7 Å². The lowest BCUT2D eigenvalue weighted by atomic mass is 9.86. The molecule has 2 aromatic rings. The van der Waals surface area contributed by atoms with Crippen LogP contribution in [0, 0.1) is 13.8 Å². The van der Waals surface area contributed by atoms with Crippen LogP contribution in [0.3, 0.4) is 0 Å². The molecule has 1 saturated carbocycles. The lowest BCUT2D eigenvalue weighted by molar-refractivity contribution is -0.614. The fraction of sp³-hybridized carbons (Fsp3) is 0.571. The molecule has 1 aromatic carbocycles. The lowest BCUT2D eigenvalue weighted by Crippen LogP contribution is -2.42. The van der Waals surface area contributed by atoms with E-state index in [0.29, 0.717) is 5.92 Å². The molecular formula is C21H31N2+. The number of nitrogens with zero attached hydrogens (tertiary/aromatic N) is 1. The molecule has 2 heteroatoms. The SMILES string of the molecule is [2H]n1c(C2CCCCC2)c(C)[n+](-c2ccccc2C)c1C(C)(C)C. The van der Waals surface area contributed by atoms with Crippen LogP contribution in [0.4, 0.5) is 0 Å². The molecular weight excluding hydrogens is 280 g/mol. The fourth-order valence-electron chi connectivity index (χ4n) is 3.89. The quantitative estimate of drug-likeness (QED) is 0.730. The molecule has 0 spiro atoms. The fourth-order valence-corrected chi connectivity index (χ4v) is 3.89. The minimum absolute atomic E-state index is 0.0816. The number of hydrogen-bond acceptors (Lipinski definition) is 0. The maximum atomic E-state index is 8.92. The van der Waals surface area contributed by atoms with Crippen LogP contribution in [0.5, 0.6) is 0 Å². The van der Waals surface area contributed by atoms with E-state index in [1.54, 1.807) is 4.98 Å².